The zero-order chi connectivity index (χ0) is 20.5. The van der Waals surface area contributed by atoms with Gasteiger partial charge in [-0.25, -0.2) is 4.79 Å². The molecule has 10 heteroatoms. The van der Waals surface area contributed by atoms with Crippen LogP contribution in [0.5, 0.6) is 0 Å². The molecule has 5 nitrogen and oxygen atoms in total. The Bertz CT molecular complexity index is 921. The lowest BCUT2D eigenvalue weighted by Crippen LogP contribution is -2.37. The van der Waals surface area contributed by atoms with E-state index in [9.17, 15) is 22.8 Å². The van der Waals surface area contributed by atoms with Gasteiger partial charge in [0.05, 0.1) is 16.3 Å². The fourth-order valence-electron chi connectivity index (χ4n) is 2.77. The molecule has 1 fully saturated rings. The Morgan fingerprint density at radius 2 is 1.86 bits per heavy atom. The van der Waals surface area contributed by atoms with Crippen molar-refractivity contribution < 1.29 is 22.8 Å². The molecule has 0 aromatic heterocycles. The number of rotatable bonds is 4. The predicted octanol–water partition coefficient (Wildman–Crippen LogP) is 4.89. The van der Waals surface area contributed by atoms with Gasteiger partial charge in [0.15, 0.2) is 0 Å². The van der Waals surface area contributed by atoms with Gasteiger partial charge in [0.25, 0.3) is 0 Å². The molecule has 0 aliphatic carbocycles. The van der Waals surface area contributed by atoms with Gasteiger partial charge in [0.2, 0.25) is 5.91 Å². The SMILES string of the molecule is O=C(CN1CCN(c2cccc(Cl)c2)C1=O)Nc1cc(C(F)(F)F)ccc1Cl. The third-order valence-electron chi connectivity index (χ3n) is 4.12. The smallest absolute Gasteiger partial charge is 0.323 e. The van der Waals surface area contributed by atoms with Crippen LogP contribution in [0.1, 0.15) is 5.56 Å². The molecule has 1 aliphatic rings. The molecule has 2 aromatic rings. The highest BCUT2D eigenvalue weighted by molar-refractivity contribution is 6.33. The Morgan fingerprint density at radius 1 is 1.11 bits per heavy atom. The van der Waals surface area contributed by atoms with Crippen molar-refractivity contribution in [3.63, 3.8) is 0 Å². The zero-order valence-corrected chi connectivity index (χ0v) is 15.8. The van der Waals surface area contributed by atoms with Crippen molar-refractivity contribution in [3.05, 3.63) is 58.1 Å². The molecule has 0 saturated carbocycles. The number of carbonyl (C=O) groups is 2. The van der Waals surface area contributed by atoms with Crippen LogP contribution in [0.15, 0.2) is 42.5 Å². The lowest BCUT2D eigenvalue weighted by Gasteiger charge is -2.19. The Hall–Kier alpha value is -2.45. The van der Waals surface area contributed by atoms with Crippen LogP contribution in [0.3, 0.4) is 0 Å². The summed E-state index contributed by atoms with van der Waals surface area (Å²) < 4.78 is 38.5. The normalized spacial score (nSPS) is 14.5. The van der Waals surface area contributed by atoms with Crippen molar-refractivity contribution in [3.8, 4) is 0 Å². The molecule has 3 rings (SSSR count). The molecule has 0 spiro atoms. The predicted molar refractivity (Wildman–Crippen MR) is 101 cm³/mol. The summed E-state index contributed by atoms with van der Waals surface area (Å²) in [6.45, 7) is 0.328. The van der Waals surface area contributed by atoms with Crippen LogP contribution in [0.2, 0.25) is 10.0 Å². The topological polar surface area (TPSA) is 52.7 Å². The summed E-state index contributed by atoms with van der Waals surface area (Å²) in [4.78, 5) is 27.5. The third kappa shape index (κ3) is 4.51. The number of carbonyl (C=O) groups excluding carboxylic acids is 2. The zero-order valence-electron chi connectivity index (χ0n) is 14.3. The van der Waals surface area contributed by atoms with Crippen LogP contribution in [0, 0.1) is 0 Å². The average Bonchev–Trinajstić information content (AvgIpc) is 2.96. The summed E-state index contributed by atoms with van der Waals surface area (Å²) in [5.74, 6) is -0.650. The molecule has 1 saturated heterocycles. The maximum Gasteiger partial charge on any atom is 0.416 e. The Labute approximate surface area is 168 Å². The Balaban J connectivity index is 1.67. The third-order valence-corrected chi connectivity index (χ3v) is 4.68. The van der Waals surface area contributed by atoms with E-state index in [1.807, 2.05) is 0 Å². The van der Waals surface area contributed by atoms with E-state index in [1.54, 1.807) is 24.3 Å². The number of halogens is 5. The first-order valence-corrected chi connectivity index (χ1v) is 8.89. The number of benzene rings is 2. The fraction of sp³-hybridized carbons (Fsp3) is 0.222. The number of nitrogens with zero attached hydrogens (tertiary/aromatic N) is 2. The summed E-state index contributed by atoms with van der Waals surface area (Å²) >= 11 is 11.8. The van der Waals surface area contributed by atoms with Crippen molar-refractivity contribution in [2.24, 2.45) is 0 Å². The summed E-state index contributed by atoms with van der Waals surface area (Å²) in [7, 11) is 0. The molecule has 0 bridgehead atoms. The number of anilines is 2. The average molecular weight is 432 g/mol. The van der Waals surface area contributed by atoms with Gasteiger partial charge in [-0.15, -0.1) is 0 Å². The monoisotopic (exact) mass is 431 g/mol. The van der Waals surface area contributed by atoms with E-state index in [1.165, 1.54) is 9.80 Å². The van der Waals surface area contributed by atoms with Crippen LogP contribution in [0.25, 0.3) is 0 Å². The van der Waals surface area contributed by atoms with Gasteiger partial charge in [0, 0.05) is 23.8 Å². The Kier molecular flexibility index (Phi) is 5.71. The highest BCUT2D eigenvalue weighted by Crippen LogP contribution is 2.33. The second kappa shape index (κ2) is 7.89. The first kappa shape index (κ1) is 20.3. The van der Waals surface area contributed by atoms with Crippen molar-refractivity contribution in [1.29, 1.82) is 0 Å². The largest absolute Gasteiger partial charge is 0.416 e. The number of hydrogen-bond donors (Lipinski definition) is 1. The van der Waals surface area contributed by atoms with Crippen LogP contribution in [-0.2, 0) is 11.0 Å². The number of alkyl halides is 3. The molecule has 28 heavy (non-hydrogen) atoms. The van der Waals surface area contributed by atoms with Crippen LogP contribution in [-0.4, -0.2) is 36.5 Å². The van der Waals surface area contributed by atoms with Crippen molar-refractivity contribution >= 4 is 46.5 Å². The van der Waals surface area contributed by atoms with E-state index in [4.69, 9.17) is 23.2 Å². The molecule has 0 unspecified atom stereocenters. The van der Waals surface area contributed by atoms with E-state index in [0.717, 1.165) is 18.2 Å². The minimum Gasteiger partial charge on any atom is -0.323 e. The van der Waals surface area contributed by atoms with E-state index in [2.05, 4.69) is 5.32 Å². The molecule has 3 amide bonds. The number of amides is 3. The lowest BCUT2D eigenvalue weighted by atomic mass is 10.2. The second-order valence-corrected chi connectivity index (χ2v) is 6.92. The fourth-order valence-corrected chi connectivity index (χ4v) is 3.12. The maximum absolute atomic E-state index is 12.8. The van der Waals surface area contributed by atoms with Crippen LogP contribution < -0.4 is 10.2 Å². The van der Waals surface area contributed by atoms with E-state index in [-0.39, 0.29) is 23.8 Å². The van der Waals surface area contributed by atoms with Crippen LogP contribution in [0.4, 0.5) is 29.3 Å². The summed E-state index contributed by atoms with van der Waals surface area (Å²) in [6.07, 6.45) is -4.56. The van der Waals surface area contributed by atoms with Crippen LogP contribution >= 0.6 is 23.2 Å². The maximum atomic E-state index is 12.8. The van der Waals surface area contributed by atoms with Crippen molar-refractivity contribution in [1.82, 2.24) is 4.90 Å². The molecular formula is C18H14Cl2F3N3O2. The second-order valence-electron chi connectivity index (χ2n) is 6.08. The van der Waals surface area contributed by atoms with E-state index < -0.39 is 23.7 Å². The number of nitrogens with one attached hydrogen (secondary N) is 1. The van der Waals surface area contributed by atoms with Gasteiger partial charge in [0.1, 0.15) is 6.54 Å². The molecule has 1 N–H and O–H groups in total. The summed E-state index contributed by atoms with van der Waals surface area (Å²) in [5, 5.41) is 2.77. The molecule has 148 valence electrons. The highest BCUT2D eigenvalue weighted by atomic mass is 35.5. The Morgan fingerprint density at radius 3 is 2.54 bits per heavy atom. The van der Waals surface area contributed by atoms with Crippen molar-refractivity contribution in [2.75, 3.05) is 29.9 Å². The molecular weight excluding hydrogens is 418 g/mol. The van der Waals surface area contributed by atoms with Gasteiger partial charge in [-0.2, -0.15) is 13.2 Å². The summed E-state index contributed by atoms with van der Waals surface area (Å²) in [6, 6.07) is 8.97. The highest BCUT2D eigenvalue weighted by Gasteiger charge is 2.32. The first-order chi connectivity index (χ1) is 13.1. The standard InChI is InChI=1S/C18H14Cl2F3N3O2/c19-12-2-1-3-13(9-12)26-7-6-25(17(26)28)10-16(27)24-15-8-11(18(21,22)23)4-5-14(15)20/h1-5,8-9H,6-7,10H2,(H,24,27). The van der Waals surface area contributed by atoms with Gasteiger partial charge in [-0.1, -0.05) is 29.3 Å². The van der Waals surface area contributed by atoms with Gasteiger partial charge >= 0.3 is 12.2 Å². The molecule has 1 aliphatic heterocycles. The molecule has 2 aromatic carbocycles. The minimum absolute atomic E-state index is 0.0327. The molecule has 1 heterocycles. The molecule has 0 radical (unpaired) electrons. The van der Waals surface area contributed by atoms with Gasteiger partial charge in [-0.05, 0) is 36.4 Å². The minimum atomic E-state index is -4.56. The van der Waals surface area contributed by atoms with E-state index >= 15 is 0 Å². The van der Waals surface area contributed by atoms with Gasteiger partial charge in [-0.3, -0.25) is 9.69 Å². The lowest BCUT2D eigenvalue weighted by molar-refractivity contribution is -0.137. The van der Waals surface area contributed by atoms with Gasteiger partial charge < -0.3 is 10.2 Å². The quantitative estimate of drug-likeness (QED) is 0.748. The first-order valence-electron chi connectivity index (χ1n) is 8.14. The number of urea groups is 1. The molecule has 0 atom stereocenters. The summed E-state index contributed by atoms with van der Waals surface area (Å²) in [5.41, 5.74) is -0.502. The van der Waals surface area contributed by atoms with E-state index in [0.29, 0.717) is 17.3 Å². The number of hydrogen-bond acceptors (Lipinski definition) is 2. The van der Waals surface area contributed by atoms with Crippen molar-refractivity contribution in [2.45, 2.75) is 6.18 Å².